The molecule has 0 radical (unpaired) electrons. The van der Waals surface area contributed by atoms with Gasteiger partial charge in [-0.05, 0) is 42.8 Å². The minimum atomic E-state index is -4.60. The molecular weight excluding hydrogens is 570 g/mol. The maximum absolute atomic E-state index is 13.7. The molecular formula is C27H26F6N6O3. The van der Waals surface area contributed by atoms with E-state index in [1.807, 2.05) is 4.90 Å². The van der Waals surface area contributed by atoms with Crippen molar-refractivity contribution in [2.45, 2.75) is 44.1 Å². The maximum Gasteiger partial charge on any atom is 0.506 e. The number of rotatable bonds is 5. The average molecular weight is 597 g/mol. The highest BCUT2D eigenvalue weighted by Gasteiger charge is 2.36. The van der Waals surface area contributed by atoms with E-state index in [2.05, 4.69) is 15.3 Å². The molecule has 224 valence electrons. The first kappa shape index (κ1) is 29.2. The Morgan fingerprint density at radius 3 is 2.24 bits per heavy atom. The molecule has 1 fully saturated rings. The van der Waals surface area contributed by atoms with E-state index < -0.39 is 35.7 Å². The second kappa shape index (κ2) is 11.5. The standard InChI is InChI=1S/C27H26F6N6O3/c28-26(29,30)16-3-5-17(6-4-16)35-22-19-9-14-38(23-20(27(31,32)33)2-1-11-34-23)15-10-21(19)36-24(37-22)39-12-7-18(8-13-39)42-25(40)41/h1-6,11,18H,7-10,12-15H2,(H,40,41)(H,35,36,37). The summed E-state index contributed by atoms with van der Waals surface area (Å²) in [6, 6.07) is 6.65. The number of anilines is 4. The van der Waals surface area contributed by atoms with E-state index in [1.165, 1.54) is 24.4 Å². The number of aromatic nitrogens is 3. The molecule has 0 saturated carbocycles. The lowest BCUT2D eigenvalue weighted by atomic mass is 10.1. The molecule has 1 saturated heterocycles. The van der Waals surface area contributed by atoms with Crippen LogP contribution in [0, 0.1) is 0 Å². The number of fused-ring (bicyclic) bond motifs is 1. The third-order valence-corrected chi connectivity index (χ3v) is 7.19. The van der Waals surface area contributed by atoms with Crippen LogP contribution in [0.2, 0.25) is 0 Å². The number of pyridine rings is 1. The zero-order valence-electron chi connectivity index (χ0n) is 22.0. The highest BCUT2D eigenvalue weighted by atomic mass is 19.4. The third-order valence-electron chi connectivity index (χ3n) is 7.19. The SMILES string of the molecule is O=C(O)OC1CCN(c2nc3c(c(Nc4ccc(C(F)(F)F)cc4)n2)CCN(c2ncccc2C(F)(F)F)CC3)CC1. The van der Waals surface area contributed by atoms with Crippen molar-refractivity contribution in [3.8, 4) is 0 Å². The van der Waals surface area contributed by atoms with Gasteiger partial charge in [-0.25, -0.2) is 14.8 Å². The molecule has 2 aliphatic heterocycles. The molecule has 4 heterocycles. The largest absolute Gasteiger partial charge is 0.506 e. The normalized spacial score (nSPS) is 16.5. The van der Waals surface area contributed by atoms with Gasteiger partial charge in [-0.15, -0.1) is 0 Å². The van der Waals surface area contributed by atoms with Crippen molar-refractivity contribution in [3.05, 3.63) is 65.0 Å². The monoisotopic (exact) mass is 596 g/mol. The van der Waals surface area contributed by atoms with Gasteiger partial charge in [0.2, 0.25) is 5.95 Å². The van der Waals surface area contributed by atoms with Crippen LogP contribution in [0.15, 0.2) is 42.6 Å². The van der Waals surface area contributed by atoms with Gasteiger partial charge in [-0.3, -0.25) is 0 Å². The highest BCUT2D eigenvalue weighted by molar-refractivity contribution is 5.63. The molecule has 0 bridgehead atoms. The molecule has 1 aromatic carbocycles. The number of carboxylic acid groups (broad SMARTS) is 1. The van der Waals surface area contributed by atoms with Gasteiger partial charge in [-0.2, -0.15) is 31.3 Å². The van der Waals surface area contributed by atoms with E-state index in [1.54, 1.807) is 4.90 Å². The number of carbonyl (C=O) groups is 1. The first-order valence-corrected chi connectivity index (χ1v) is 13.1. The Morgan fingerprint density at radius 1 is 0.905 bits per heavy atom. The van der Waals surface area contributed by atoms with Gasteiger partial charge >= 0.3 is 18.5 Å². The van der Waals surface area contributed by atoms with E-state index >= 15 is 0 Å². The van der Waals surface area contributed by atoms with Gasteiger partial charge in [0.25, 0.3) is 0 Å². The van der Waals surface area contributed by atoms with Gasteiger partial charge in [0.1, 0.15) is 17.7 Å². The zero-order valence-corrected chi connectivity index (χ0v) is 22.0. The molecule has 2 aromatic heterocycles. The van der Waals surface area contributed by atoms with E-state index in [9.17, 15) is 31.1 Å². The Morgan fingerprint density at radius 2 is 1.60 bits per heavy atom. The topological polar surface area (TPSA) is 104 Å². The number of benzene rings is 1. The number of hydrogen-bond acceptors (Lipinski definition) is 8. The van der Waals surface area contributed by atoms with Gasteiger partial charge in [0, 0.05) is 62.9 Å². The summed E-state index contributed by atoms with van der Waals surface area (Å²) in [6.45, 7) is 1.16. The summed E-state index contributed by atoms with van der Waals surface area (Å²) in [5.41, 5.74) is -0.0980. The lowest BCUT2D eigenvalue weighted by molar-refractivity contribution is -0.138. The number of halogens is 6. The number of ether oxygens (including phenoxy) is 1. The number of piperidine rings is 1. The van der Waals surface area contributed by atoms with Crippen LogP contribution in [0.3, 0.4) is 0 Å². The van der Waals surface area contributed by atoms with Crippen LogP contribution in [0.1, 0.15) is 35.2 Å². The molecule has 42 heavy (non-hydrogen) atoms. The van der Waals surface area contributed by atoms with E-state index in [4.69, 9.17) is 14.8 Å². The first-order chi connectivity index (χ1) is 19.9. The lowest BCUT2D eigenvalue weighted by Crippen LogP contribution is -2.39. The molecule has 0 amide bonds. The smallest absolute Gasteiger partial charge is 0.450 e. The Balaban J connectivity index is 1.45. The summed E-state index contributed by atoms with van der Waals surface area (Å²) in [4.78, 5) is 27.7. The van der Waals surface area contributed by atoms with Crippen LogP contribution < -0.4 is 15.1 Å². The van der Waals surface area contributed by atoms with Crippen LogP contribution in [0.4, 0.5) is 54.4 Å². The summed E-state index contributed by atoms with van der Waals surface area (Å²) in [6.07, 6.45) is -8.30. The number of nitrogens with zero attached hydrogens (tertiary/aromatic N) is 5. The summed E-state index contributed by atoms with van der Waals surface area (Å²) in [5, 5.41) is 12.0. The van der Waals surface area contributed by atoms with E-state index in [0.717, 1.165) is 18.2 Å². The zero-order chi connectivity index (χ0) is 30.1. The van der Waals surface area contributed by atoms with Crippen molar-refractivity contribution in [1.82, 2.24) is 15.0 Å². The molecule has 15 heteroatoms. The highest BCUT2D eigenvalue weighted by Crippen LogP contribution is 2.37. The van der Waals surface area contributed by atoms with Crippen molar-refractivity contribution in [1.29, 1.82) is 0 Å². The fraction of sp³-hybridized carbons (Fsp3) is 0.407. The molecule has 2 aliphatic rings. The molecule has 0 aliphatic carbocycles. The molecule has 0 spiro atoms. The van der Waals surface area contributed by atoms with Crippen LogP contribution >= 0.6 is 0 Å². The van der Waals surface area contributed by atoms with Crippen LogP contribution in [-0.4, -0.2) is 58.5 Å². The Labute approximate surface area is 236 Å². The molecule has 9 nitrogen and oxygen atoms in total. The minimum absolute atomic E-state index is 0.176. The Bertz CT molecular complexity index is 1430. The fourth-order valence-electron chi connectivity index (χ4n) is 5.11. The Kier molecular flexibility index (Phi) is 8.01. The van der Waals surface area contributed by atoms with E-state index in [-0.39, 0.29) is 31.7 Å². The van der Waals surface area contributed by atoms with Crippen molar-refractivity contribution < 1.29 is 41.0 Å². The fourth-order valence-corrected chi connectivity index (χ4v) is 5.11. The molecule has 0 atom stereocenters. The van der Waals surface area contributed by atoms with Crippen molar-refractivity contribution >= 4 is 29.4 Å². The molecule has 2 N–H and O–H groups in total. The summed E-state index contributed by atoms with van der Waals surface area (Å²) < 4.78 is 85.3. The quantitative estimate of drug-likeness (QED) is 0.274. The predicted octanol–water partition coefficient (Wildman–Crippen LogP) is 5.92. The predicted molar refractivity (Wildman–Crippen MR) is 140 cm³/mol. The van der Waals surface area contributed by atoms with Crippen molar-refractivity contribution in [2.75, 3.05) is 41.3 Å². The van der Waals surface area contributed by atoms with Gasteiger partial charge in [0.15, 0.2) is 0 Å². The number of alkyl halides is 6. The molecule has 0 unspecified atom stereocenters. The summed E-state index contributed by atoms with van der Waals surface area (Å²) in [7, 11) is 0. The second-order valence-corrected chi connectivity index (χ2v) is 9.93. The van der Waals surface area contributed by atoms with Crippen LogP contribution in [-0.2, 0) is 29.9 Å². The second-order valence-electron chi connectivity index (χ2n) is 9.93. The van der Waals surface area contributed by atoms with Crippen molar-refractivity contribution in [3.63, 3.8) is 0 Å². The summed E-state index contributed by atoms with van der Waals surface area (Å²) >= 11 is 0. The number of hydrogen-bond donors (Lipinski definition) is 2. The van der Waals surface area contributed by atoms with E-state index in [0.29, 0.717) is 54.6 Å². The molecule has 5 rings (SSSR count). The summed E-state index contributed by atoms with van der Waals surface area (Å²) in [5.74, 6) is 0.459. The lowest BCUT2D eigenvalue weighted by Gasteiger charge is -2.31. The maximum atomic E-state index is 13.7. The van der Waals surface area contributed by atoms with Crippen LogP contribution in [0.5, 0.6) is 0 Å². The van der Waals surface area contributed by atoms with Gasteiger partial charge in [0.05, 0.1) is 16.8 Å². The van der Waals surface area contributed by atoms with Crippen molar-refractivity contribution in [2.24, 2.45) is 0 Å². The first-order valence-electron chi connectivity index (χ1n) is 13.1. The average Bonchev–Trinajstić information content (AvgIpc) is 3.15. The minimum Gasteiger partial charge on any atom is -0.450 e. The van der Waals surface area contributed by atoms with Gasteiger partial charge < -0.3 is 25.0 Å². The van der Waals surface area contributed by atoms with Crippen LogP contribution in [0.25, 0.3) is 0 Å². The third kappa shape index (κ3) is 6.60. The number of nitrogens with one attached hydrogen (secondary N) is 1. The van der Waals surface area contributed by atoms with Gasteiger partial charge in [-0.1, -0.05) is 0 Å². The Hall–Kier alpha value is -4.30. The molecule has 3 aromatic rings.